The predicted octanol–water partition coefficient (Wildman–Crippen LogP) is 6.32. The number of para-hydroxylation sites is 1. The lowest BCUT2D eigenvalue weighted by molar-refractivity contribution is -0.138. The molecule has 4 heterocycles. The van der Waals surface area contributed by atoms with Gasteiger partial charge in [0.2, 0.25) is 5.13 Å². The third kappa shape index (κ3) is 4.89. The lowest BCUT2D eigenvalue weighted by atomic mass is 10.0. The second-order valence-electron chi connectivity index (χ2n) is 8.63. The molecule has 5 rings (SSSR count). The second-order valence-corrected chi connectivity index (χ2v) is 9.44. The fourth-order valence-electron chi connectivity index (χ4n) is 4.24. The van der Waals surface area contributed by atoms with Gasteiger partial charge in [-0.3, -0.25) is 9.78 Å². The van der Waals surface area contributed by atoms with Crippen molar-refractivity contribution in [2.24, 2.45) is 0 Å². The number of aryl methyl sites for hydroxylation is 2. The lowest BCUT2D eigenvalue weighted by Crippen LogP contribution is -2.29. The molecular formula is C27H20F4N4O2S. The maximum Gasteiger partial charge on any atom is 0.421 e. The number of thiazole rings is 1. The van der Waals surface area contributed by atoms with Gasteiger partial charge in [-0.1, -0.05) is 23.5 Å². The highest BCUT2D eigenvalue weighted by Gasteiger charge is 2.34. The Bertz CT molecular complexity index is 1710. The standard InChI is InChI=1S/C27H20F4N4O2S/c1-15-8-9-32-21(12-35-10-4-6-20(26(35)36)27(29,30)31)19(15)13-37-22-7-3-5-17-18(11-16(2)34-23(17)22)24-25(28)38-14-33-24/h3-11,14H,12-13H2,1-2H3. The number of hydrogen-bond donors (Lipinski definition) is 0. The lowest BCUT2D eigenvalue weighted by Gasteiger charge is -2.16. The number of benzene rings is 1. The first-order valence-electron chi connectivity index (χ1n) is 11.5. The number of nitrogens with zero attached hydrogens (tertiary/aromatic N) is 4. The molecule has 0 saturated heterocycles. The van der Waals surface area contributed by atoms with Gasteiger partial charge in [-0.15, -0.1) is 0 Å². The van der Waals surface area contributed by atoms with E-state index in [0.29, 0.717) is 39.2 Å². The van der Waals surface area contributed by atoms with Crippen LogP contribution in [0, 0.1) is 19.0 Å². The molecule has 0 saturated carbocycles. The summed E-state index contributed by atoms with van der Waals surface area (Å²) in [6.45, 7) is 3.48. The number of rotatable bonds is 6. The molecule has 5 aromatic rings. The van der Waals surface area contributed by atoms with Gasteiger partial charge in [0.1, 0.15) is 29.1 Å². The average Bonchev–Trinajstić information content (AvgIpc) is 3.29. The summed E-state index contributed by atoms with van der Waals surface area (Å²) in [7, 11) is 0. The smallest absolute Gasteiger partial charge is 0.421 e. The quantitative estimate of drug-likeness (QED) is 0.236. The van der Waals surface area contributed by atoms with Crippen molar-refractivity contribution in [1.82, 2.24) is 19.5 Å². The number of ether oxygens (including phenoxy) is 1. The molecule has 11 heteroatoms. The van der Waals surface area contributed by atoms with Crippen molar-refractivity contribution < 1.29 is 22.3 Å². The Labute approximate surface area is 218 Å². The Kier molecular flexibility index (Phi) is 6.70. The van der Waals surface area contributed by atoms with E-state index >= 15 is 0 Å². The van der Waals surface area contributed by atoms with E-state index in [1.807, 2.05) is 13.0 Å². The molecule has 0 fully saturated rings. The van der Waals surface area contributed by atoms with Crippen LogP contribution in [-0.4, -0.2) is 19.5 Å². The first-order valence-corrected chi connectivity index (χ1v) is 12.3. The van der Waals surface area contributed by atoms with Crippen LogP contribution in [0.25, 0.3) is 22.2 Å². The number of halogens is 4. The molecule has 6 nitrogen and oxygen atoms in total. The summed E-state index contributed by atoms with van der Waals surface area (Å²) in [5.74, 6) is 0.438. The highest BCUT2D eigenvalue weighted by molar-refractivity contribution is 7.08. The molecule has 0 radical (unpaired) electrons. The largest absolute Gasteiger partial charge is 0.487 e. The number of fused-ring (bicyclic) bond motifs is 1. The summed E-state index contributed by atoms with van der Waals surface area (Å²) in [5, 5.41) is 0.264. The topological polar surface area (TPSA) is 69.9 Å². The van der Waals surface area contributed by atoms with E-state index in [1.54, 1.807) is 31.2 Å². The van der Waals surface area contributed by atoms with E-state index in [0.717, 1.165) is 27.5 Å². The van der Waals surface area contributed by atoms with E-state index in [4.69, 9.17) is 4.74 Å². The van der Waals surface area contributed by atoms with Crippen molar-refractivity contribution in [2.75, 3.05) is 0 Å². The van der Waals surface area contributed by atoms with Gasteiger partial charge in [0.25, 0.3) is 5.56 Å². The first-order chi connectivity index (χ1) is 18.1. The van der Waals surface area contributed by atoms with Crippen LogP contribution in [-0.2, 0) is 19.3 Å². The Morgan fingerprint density at radius 2 is 1.89 bits per heavy atom. The summed E-state index contributed by atoms with van der Waals surface area (Å²) < 4.78 is 61.2. The van der Waals surface area contributed by atoms with Crippen molar-refractivity contribution in [2.45, 2.75) is 33.2 Å². The normalized spacial score (nSPS) is 11.7. The zero-order valence-electron chi connectivity index (χ0n) is 20.2. The Morgan fingerprint density at radius 3 is 2.63 bits per heavy atom. The van der Waals surface area contributed by atoms with Crippen LogP contribution in [0.4, 0.5) is 17.6 Å². The fourth-order valence-corrected chi connectivity index (χ4v) is 4.76. The van der Waals surface area contributed by atoms with Crippen LogP contribution in [0.15, 0.2) is 65.2 Å². The molecule has 0 unspecified atom stereocenters. The van der Waals surface area contributed by atoms with Crippen LogP contribution in [0.1, 0.15) is 28.1 Å². The predicted molar refractivity (Wildman–Crippen MR) is 136 cm³/mol. The maximum atomic E-state index is 14.4. The summed E-state index contributed by atoms with van der Waals surface area (Å²) >= 11 is 0.909. The van der Waals surface area contributed by atoms with Crippen LogP contribution >= 0.6 is 11.3 Å². The number of alkyl halides is 3. The minimum absolute atomic E-state index is 0.0256. The Morgan fingerprint density at radius 1 is 1.08 bits per heavy atom. The van der Waals surface area contributed by atoms with Gasteiger partial charge in [0.15, 0.2) is 0 Å². The number of hydrogen-bond acceptors (Lipinski definition) is 6. The zero-order chi connectivity index (χ0) is 27.0. The molecule has 0 spiro atoms. The van der Waals surface area contributed by atoms with Crippen molar-refractivity contribution >= 4 is 22.2 Å². The molecule has 0 N–H and O–H groups in total. The molecule has 0 aliphatic carbocycles. The molecule has 4 aromatic heterocycles. The summed E-state index contributed by atoms with van der Waals surface area (Å²) in [5.41, 5.74) is 2.89. The van der Waals surface area contributed by atoms with E-state index in [2.05, 4.69) is 15.0 Å². The van der Waals surface area contributed by atoms with E-state index in [1.165, 1.54) is 24.0 Å². The molecule has 0 amide bonds. The van der Waals surface area contributed by atoms with Gasteiger partial charge >= 0.3 is 6.18 Å². The van der Waals surface area contributed by atoms with Gasteiger partial charge in [-0.25, -0.2) is 9.97 Å². The summed E-state index contributed by atoms with van der Waals surface area (Å²) in [4.78, 5) is 25.6. The maximum absolute atomic E-state index is 14.4. The fraction of sp³-hybridized carbons (Fsp3) is 0.185. The Balaban J connectivity index is 1.50. The number of pyridine rings is 3. The molecule has 0 aliphatic rings. The molecule has 194 valence electrons. The van der Waals surface area contributed by atoms with Crippen LogP contribution in [0.3, 0.4) is 0 Å². The minimum Gasteiger partial charge on any atom is -0.487 e. The molecule has 38 heavy (non-hydrogen) atoms. The van der Waals surface area contributed by atoms with Crippen LogP contribution in [0.2, 0.25) is 0 Å². The van der Waals surface area contributed by atoms with Crippen LogP contribution < -0.4 is 10.3 Å². The van der Waals surface area contributed by atoms with Crippen LogP contribution in [0.5, 0.6) is 5.75 Å². The highest BCUT2D eigenvalue weighted by atomic mass is 32.1. The van der Waals surface area contributed by atoms with Crippen molar-refractivity contribution in [3.8, 4) is 17.0 Å². The monoisotopic (exact) mass is 540 g/mol. The number of aromatic nitrogens is 4. The summed E-state index contributed by atoms with van der Waals surface area (Å²) in [6.07, 6.45) is -1.93. The van der Waals surface area contributed by atoms with Gasteiger partial charge in [0, 0.05) is 34.6 Å². The third-order valence-corrected chi connectivity index (χ3v) is 6.72. The average molecular weight is 541 g/mol. The molecule has 0 bridgehead atoms. The minimum atomic E-state index is -4.76. The van der Waals surface area contributed by atoms with Gasteiger partial charge < -0.3 is 9.30 Å². The summed E-state index contributed by atoms with van der Waals surface area (Å²) in [6, 6.07) is 10.8. The molecule has 0 atom stereocenters. The first kappa shape index (κ1) is 25.5. The van der Waals surface area contributed by atoms with Gasteiger partial charge in [0.05, 0.1) is 17.7 Å². The second kappa shape index (κ2) is 9.97. The van der Waals surface area contributed by atoms with E-state index in [9.17, 15) is 22.4 Å². The van der Waals surface area contributed by atoms with Crippen molar-refractivity contribution in [3.05, 3.63) is 104 Å². The highest BCUT2D eigenvalue weighted by Crippen LogP contribution is 2.35. The third-order valence-electron chi connectivity index (χ3n) is 6.11. The van der Waals surface area contributed by atoms with Gasteiger partial charge in [-0.05, 0) is 49.7 Å². The van der Waals surface area contributed by atoms with Crippen molar-refractivity contribution in [3.63, 3.8) is 0 Å². The Hall–Kier alpha value is -4.12. The molecule has 0 aliphatic heterocycles. The molecular weight excluding hydrogens is 520 g/mol. The zero-order valence-corrected chi connectivity index (χ0v) is 21.0. The van der Waals surface area contributed by atoms with Gasteiger partial charge in [-0.2, -0.15) is 17.6 Å². The van der Waals surface area contributed by atoms with E-state index < -0.39 is 22.4 Å². The SMILES string of the molecule is Cc1cc(-c2ncsc2F)c2cccc(OCc3c(C)ccnc3Cn3cccc(C(F)(F)F)c3=O)c2n1. The molecule has 1 aromatic carbocycles. The van der Waals surface area contributed by atoms with Crippen molar-refractivity contribution in [1.29, 1.82) is 0 Å². The van der Waals surface area contributed by atoms with E-state index in [-0.39, 0.29) is 18.8 Å².